The van der Waals surface area contributed by atoms with Gasteiger partial charge >= 0.3 is 0 Å². The number of hydrogen-bond donors (Lipinski definition) is 1. The molecule has 2 rings (SSSR count). The van der Waals surface area contributed by atoms with Crippen molar-refractivity contribution in [2.24, 2.45) is 0 Å². The van der Waals surface area contributed by atoms with Gasteiger partial charge in [-0.05, 0) is 28.1 Å². The molecule has 0 saturated carbocycles. The monoisotopic (exact) mass is 261 g/mol. The summed E-state index contributed by atoms with van der Waals surface area (Å²) in [6.45, 7) is 3.05. The van der Waals surface area contributed by atoms with Crippen molar-refractivity contribution in [3.8, 4) is 0 Å². The number of rotatable bonds is 0. The van der Waals surface area contributed by atoms with Crippen molar-refractivity contribution in [2.45, 2.75) is 17.1 Å². The molecule has 0 amide bonds. The molecule has 0 saturated heterocycles. The molecule has 1 nitrogen and oxygen atoms in total. The Labute approximate surface area is 89.2 Å². The first kappa shape index (κ1) is 9.34. The summed E-state index contributed by atoms with van der Waals surface area (Å²) in [6, 6.07) is 3.37. The van der Waals surface area contributed by atoms with Crippen LogP contribution in [0.15, 0.2) is 21.5 Å². The zero-order valence-electron chi connectivity index (χ0n) is 7.10. The molecule has 70 valence electrons. The highest BCUT2D eigenvalue weighted by Crippen LogP contribution is 2.37. The lowest BCUT2D eigenvalue weighted by Crippen LogP contribution is -2.18. The van der Waals surface area contributed by atoms with Crippen LogP contribution in [0.5, 0.6) is 0 Å². The van der Waals surface area contributed by atoms with Gasteiger partial charge in [0.15, 0.2) is 0 Å². The van der Waals surface area contributed by atoms with Gasteiger partial charge in [0.25, 0.3) is 0 Å². The molecule has 4 heteroatoms. The van der Waals surface area contributed by atoms with Crippen LogP contribution in [0.4, 0.5) is 10.1 Å². The zero-order valence-corrected chi connectivity index (χ0v) is 9.51. The largest absolute Gasteiger partial charge is 0.383 e. The van der Waals surface area contributed by atoms with E-state index in [1.165, 1.54) is 6.07 Å². The van der Waals surface area contributed by atoms with Crippen molar-refractivity contribution in [3.05, 3.63) is 22.4 Å². The van der Waals surface area contributed by atoms with Crippen molar-refractivity contribution >= 4 is 33.4 Å². The minimum absolute atomic E-state index is 0.207. The molecular weight excluding hydrogens is 253 g/mol. The van der Waals surface area contributed by atoms with E-state index in [2.05, 4.69) is 28.2 Å². The predicted octanol–water partition coefficient (Wildman–Crippen LogP) is 3.49. The Morgan fingerprint density at radius 2 is 2.38 bits per heavy atom. The fourth-order valence-corrected chi connectivity index (χ4v) is 2.82. The third-order valence-electron chi connectivity index (χ3n) is 1.93. The molecule has 0 bridgehead atoms. The molecule has 0 radical (unpaired) electrons. The maximum absolute atomic E-state index is 13.1. The molecule has 13 heavy (non-hydrogen) atoms. The van der Waals surface area contributed by atoms with Crippen molar-refractivity contribution in [1.82, 2.24) is 0 Å². The number of hydrogen-bond acceptors (Lipinski definition) is 2. The van der Waals surface area contributed by atoms with E-state index in [4.69, 9.17) is 0 Å². The van der Waals surface area contributed by atoms with Crippen molar-refractivity contribution in [1.29, 1.82) is 0 Å². The van der Waals surface area contributed by atoms with Crippen molar-refractivity contribution < 1.29 is 4.39 Å². The first-order valence-electron chi connectivity index (χ1n) is 4.06. The molecule has 0 aromatic heterocycles. The molecule has 1 aliphatic rings. The molecule has 1 heterocycles. The molecule has 1 aromatic carbocycles. The summed E-state index contributed by atoms with van der Waals surface area (Å²) < 4.78 is 13.6. The molecule has 1 N–H and O–H groups in total. The Hall–Kier alpha value is -0.220. The molecule has 0 aliphatic carbocycles. The van der Waals surface area contributed by atoms with Gasteiger partial charge in [-0.3, -0.25) is 0 Å². The van der Waals surface area contributed by atoms with Crippen LogP contribution in [-0.4, -0.2) is 11.8 Å². The molecule has 1 aromatic rings. The van der Waals surface area contributed by atoms with Gasteiger partial charge in [-0.25, -0.2) is 4.39 Å². The van der Waals surface area contributed by atoms with Gasteiger partial charge < -0.3 is 5.32 Å². The summed E-state index contributed by atoms with van der Waals surface area (Å²) >= 11 is 4.95. The summed E-state index contributed by atoms with van der Waals surface area (Å²) in [4.78, 5) is 1.12. The second-order valence-electron chi connectivity index (χ2n) is 3.07. The lowest BCUT2D eigenvalue weighted by molar-refractivity contribution is 0.620. The number of anilines is 1. The van der Waals surface area contributed by atoms with Gasteiger partial charge in [0.1, 0.15) is 5.82 Å². The molecule has 0 spiro atoms. The van der Waals surface area contributed by atoms with Gasteiger partial charge in [0, 0.05) is 16.7 Å². The smallest absolute Gasteiger partial charge is 0.139 e. The van der Waals surface area contributed by atoms with Crippen LogP contribution in [0.2, 0.25) is 0 Å². The van der Waals surface area contributed by atoms with Gasteiger partial charge in [0.2, 0.25) is 0 Å². The highest BCUT2D eigenvalue weighted by Gasteiger charge is 2.16. The molecule has 0 fully saturated rings. The van der Waals surface area contributed by atoms with Crippen LogP contribution in [0, 0.1) is 5.82 Å². The molecule has 1 unspecified atom stereocenters. The number of halogens is 2. The van der Waals surface area contributed by atoms with Crippen molar-refractivity contribution in [3.63, 3.8) is 0 Å². The predicted molar refractivity (Wildman–Crippen MR) is 57.9 cm³/mol. The summed E-state index contributed by atoms with van der Waals surface area (Å²) in [5.41, 5.74) is 0.906. The average Bonchev–Trinajstić information content (AvgIpc) is 2.08. The van der Waals surface area contributed by atoms with E-state index < -0.39 is 0 Å². The van der Waals surface area contributed by atoms with E-state index in [9.17, 15) is 4.39 Å². The maximum atomic E-state index is 13.1. The van der Waals surface area contributed by atoms with Crippen LogP contribution < -0.4 is 5.32 Å². The van der Waals surface area contributed by atoms with Crippen LogP contribution in [0.25, 0.3) is 0 Å². The van der Waals surface area contributed by atoms with Gasteiger partial charge in [-0.2, -0.15) is 0 Å². The van der Waals surface area contributed by atoms with Crippen LogP contribution in [0.1, 0.15) is 6.92 Å². The summed E-state index contributed by atoms with van der Waals surface area (Å²) in [5.74, 6) is -0.207. The Kier molecular flexibility index (Phi) is 2.51. The van der Waals surface area contributed by atoms with E-state index in [0.717, 1.165) is 17.1 Å². The van der Waals surface area contributed by atoms with Gasteiger partial charge in [0.05, 0.1) is 10.2 Å². The molecular formula is C9H9BrFNS. The Balaban J connectivity index is 2.43. The second-order valence-corrected chi connectivity index (χ2v) is 5.41. The first-order chi connectivity index (χ1) is 6.16. The third kappa shape index (κ3) is 1.83. The van der Waals surface area contributed by atoms with E-state index in [1.807, 2.05) is 6.07 Å². The first-order valence-corrected chi connectivity index (χ1v) is 5.73. The van der Waals surface area contributed by atoms with Gasteiger partial charge in [-0.15, -0.1) is 11.8 Å². The Morgan fingerprint density at radius 1 is 1.62 bits per heavy atom. The van der Waals surface area contributed by atoms with Crippen LogP contribution >= 0.6 is 27.7 Å². The lowest BCUT2D eigenvalue weighted by atomic mass is 10.3. The minimum atomic E-state index is -0.207. The van der Waals surface area contributed by atoms with E-state index >= 15 is 0 Å². The lowest BCUT2D eigenvalue weighted by Gasteiger charge is -2.22. The van der Waals surface area contributed by atoms with Crippen molar-refractivity contribution in [2.75, 3.05) is 11.9 Å². The summed E-state index contributed by atoms with van der Waals surface area (Å²) in [7, 11) is 0. The standard InChI is InChI=1S/C9H9BrFNS/c1-5-4-12-8-3-7(11)6(10)2-9(8)13-5/h2-3,5,12H,4H2,1H3. The third-order valence-corrected chi connectivity index (χ3v) is 3.70. The normalized spacial score (nSPS) is 20.7. The number of benzene rings is 1. The highest BCUT2D eigenvalue weighted by molar-refractivity contribution is 9.10. The Bertz CT molecular complexity index is 343. The fraction of sp³-hybridized carbons (Fsp3) is 0.333. The van der Waals surface area contributed by atoms with Crippen LogP contribution in [0.3, 0.4) is 0 Å². The zero-order chi connectivity index (χ0) is 9.42. The Morgan fingerprint density at radius 3 is 3.15 bits per heavy atom. The molecule has 1 aliphatic heterocycles. The number of nitrogens with one attached hydrogen (secondary N) is 1. The second kappa shape index (κ2) is 3.50. The topological polar surface area (TPSA) is 12.0 Å². The SMILES string of the molecule is CC1CNc2cc(F)c(Br)cc2S1. The number of fused-ring (bicyclic) bond motifs is 1. The quantitative estimate of drug-likeness (QED) is 0.768. The van der Waals surface area contributed by atoms with Gasteiger partial charge in [-0.1, -0.05) is 6.92 Å². The van der Waals surface area contributed by atoms with E-state index in [1.54, 1.807) is 11.8 Å². The highest BCUT2D eigenvalue weighted by atomic mass is 79.9. The fourth-order valence-electron chi connectivity index (χ4n) is 1.28. The van der Waals surface area contributed by atoms with E-state index in [0.29, 0.717) is 9.72 Å². The van der Waals surface area contributed by atoms with E-state index in [-0.39, 0.29) is 5.82 Å². The average molecular weight is 262 g/mol. The molecule has 1 atom stereocenters. The summed E-state index contributed by atoms with van der Waals surface area (Å²) in [5, 5.41) is 3.74. The maximum Gasteiger partial charge on any atom is 0.139 e. The summed E-state index contributed by atoms with van der Waals surface area (Å²) in [6.07, 6.45) is 0. The number of thioether (sulfide) groups is 1. The van der Waals surface area contributed by atoms with Crippen LogP contribution in [-0.2, 0) is 0 Å². The minimum Gasteiger partial charge on any atom is -0.383 e.